The van der Waals surface area contributed by atoms with Gasteiger partial charge in [0.1, 0.15) is 0 Å². The van der Waals surface area contributed by atoms with Crippen molar-refractivity contribution in [2.24, 2.45) is 5.41 Å². The molecule has 8 heteroatoms. The minimum absolute atomic E-state index is 0. The lowest BCUT2D eigenvalue weighted by molar-refractivity contribution is -0.130. The minimum atomic E-state index is -0.431. The second-order valence-corrected chi connectivity index (χ2v) is 7.36. The summed E-state index contributed by atoms with van der Waals surface area (Å²) < 4.78 is 10.8. The molecule has 2 fully saturated rings. The molecule has 0 aromatic heterocycles. The molecule has 0 radical (unpaired) electrons. The normalized spacial score (nSPS) is 20.4. The number of carbonyl (C=O) groups is 1. The van der Waals surface area contributed by atoms with Crippen LogP contribution in [0.2, 0.25) is 0 Å². The molecule has 2 heterocycles. The van der Waals surface area contributed by atoms with Crippen molar-refractivity contribution < 1.29 is 14.3 Å². The van der Waals surface area contributed by atoms with Gasteiger partial charge in [0, 0.05) is 31.9 Å². The molecule has 1 aromatic rings. The molecule has 1 amide bonds. The lowest BCUT2D eigenvalue weighted by Gasteiger charge is -2.35. The fourth-order valence-corrected chi connectivity index (χ4v) is 3.90. The first kappa shape index (κ1) is 25.1. The number of halogens is 2. The summed E-state index contributed by atoms with van der Waals surface area (Å²) in [5.74, 6) is 0.0647. The number of nitrogens with one attached hydrogen (secondary N) is 2. The van der Waals surface area contributed by atoms with Gasteiger partial charge < -0.3 is 20.1 Å². The van der Waals surface area contributed by atoms with Crippen molar-refractivity contribution in [3.8, 4) is 0 Å². The molecule has 1 aromatic carbocycles. The van der Waals surface area contributed by atoms with Gasteiger partial charge >= 0.3 is 0 Å². The lowest BCUT2D eigenvalue weighted by Crippen LogP contribution is -2.47. The maximum Gasteiger partial charge on any atom is 0.233 e. The van der Waals surface area contributed by atoms with Gasteiger partial charge in [-0.3, -0.25) is 9.69 Å². The number of nitrogens with zero attached hydrogens (tertiary/aromatic N) is 1. The monoisotopic (exact) mass is 433 g/mol. The molecule has 0 bridgehead atoms. The summed E-state index contributed by atoms with van der Waals surface area (Å²) in [6.45, 7) is 7.93. The molecule has 3 rings (SSSR count). The summed E-state index contributed by atoms with van der Waals surface area (Å²) in [5, 5.41) is 6.42. The summed E-state index contributed by atoms with van der Waals surface area (Å²) in [7, 11) is 1.67. The van der Waals surface area contributed by atoms with Gasteiger partial charge in [0.2, 0.25) is 5.91 Å². The Balaban J connectivity index is 0.00000196. The van der Waals surface area contributed by atoms with E-state index in [2.05, 4.69) is 34.6 Å². The quantitative estimate of drug-likeness (QED) is 0.721. The third-order valence-corrected chi connectivity index (χ3v) is 5.71. The molecule has 2 aliphatic heterocycles. The van der Waals surface area contributed by atoms with Crippen LogP contribution < -0.4 is 10.6 Å². The number of anilines is 1. The largest absolute Gasteiger partial charge is 0.384 e. The van der Waals surface area contributed by atoms with E-state index in [4.69, 9.17) is 9.47 Å². The molecule has 2 aliphatic rings. The van der Waals surface area contributed by atoms with E-state index in [-0.39, 0.29) is 30.7 Å². The zero-order valence-corrected chi connectivity index (χ0v) is 18.4. The molecule has 0 spiro atoms. The standard InChI is InChI=1S/C20H31N3O3.2ClH/c1-16(23-11-13-26-14-12-23)17-3-5-18(6-4-17)22-19(24)20(15-25-2)7-9-21-10-8-20;;/h3-6,16,21H,7-15H2,1-2H3,(H,22,24);2*1H. The number of hydrogen-bond donors (Lipinski definition) is 2. The second-order valence-electron chi connectivity index (χ2n) is 7.36. The van der Waals surface area contributed by atoms with E-state index in [0.29, 0.717) is 12.6 Å². The predicted molar refractivity (Wildman–Crippen MR) is 117 cm³/mol. The first-order valence-electron chi connectivity index (χ1n) is 9.57. The van der Waals surface area contributed by atoms with Gasteiger partial charge in [0.25, 0.3) is 0 Å². The Kier molecular flexibility index (Phi) is 10.7. The van der Waals surface area contributed by atoms with Crippen LogP contribution >= 0.6 is 24.8 Å². The van der Waals surface area contributed by atoms with Gasteiger partial charge in [0.15, 0.2) is 0 Å². The van der Waals surface area contributed by atoms with Crippen molar-refractivity contribution in [1.29, 1.82) is 0 Å². The number of hydrogen-bond acceptors (Lipinski definition) is 5. The number of methoxy groups -OCH3 is 1. The van der Waals surface area contributed by atoms with Crippen LogP contribution in [0.4, 0.5) is 5.69 Å². The fourth-order valence-electron chi connectivity index (χ4n) is 3.90. The van der Waals surface area contributed by atoms with Crippen LogP contribution in [0.25, 0.3) is 0 Å². The van der Waals surface area contributed by atoms with Crippen LogP contribution in [0, 0.1) is 5.41 Å². The Morgan fingerprint density at radius 2 is 1.82 bits per heavy atom. The van der Waals surface area contributed by atoms with Crippen molar-refractivity contribution in [3.63, 3.8) is 0 Å². The predicted octanol–water partition coefficient (Wildman–Crippen LogP) is 2.88. The molecule has 0 aliphatic carbocycles. The SMILES string of the molecule is COCC1(C(=O)Nc2ccc(C(C)N3CCOCC3)cc2)CCNCC1.Cl.Cl. The molecule has 2 saturated heterocycles. The first-order valence-corrected chi connectivity index (χ1v) is 9.57. The Labute approximate surface area is 180 Å². The van der Waals surface area contributed by atoms with Crippen LogP contribution in [0.3, 0.4) is 0 Å². The van der Waals surface area contributed by atoms with Crippen molar-refractivity contribution >= 4 is 36.4 Å². The third-order valence-electron chi connectivity index (χ3n) is 5.71. The van der Waals surface area contributed by atoms with Crippen LogP contribution in [0.1, 0.15) is 31.4 Å². The molecule has 1 unspecified atom stereocenters. The average Bonchev–Trinajstić information content (AvgIpc) is 2.69. The van der Waals surface area contributed by atoms with Crippen LogP contribution in [0.15, 0.2) is 24.3 Å². The number of amides is 1. The Hall–Kier alpha value is -0.890. The number of ether oxygens (including phenoxy) is 2. The zero-order chi connectivity index (χ0) is 18.4. The second kappa shape index (κ2) is 12.0. The van der Waals surface area contributed by atoms with Gasteiger partial charge in [-0.05, 0) is 50.6 Å². The fraction of sp³-hybridized carbons (Fsp3) is 0.650. The minimum Gasteiger partial charge on any atom is -0.384 e. The van der Waals surface area contributed by atoms with Gasteiger partial charge in [-0.2, -0.15) is 0 Å². The summed E-state index contributed by atoms with van der Waals surface area (Å²) >= 11 is 0. The highest BCUT2D eigenvalue weighted by atomic mass is 35.5. The van der Waals surface area contributed by atoms with E-state index in [0.717, 1.165) is 57.9 Å². The topological polar surface area (TPSA) is 62.8 Å². The van der Waals surface area contributed by atoms with E-state index in [9.17, 15) is 4.79 Å². The average molecular weight is 434 g/mol. The Bertz CT molecular complexity index is 583. The maximum atomic E-state index is 12.9. The van der Waals surface area contributed by atoms with E-state index in [1.165, 1.54) is 5.56 Å². The molecular formula is C20H33Cl2N3O3. The summed E-state index contributed by atoms with van der Waals surface area (Å²) in [6.07, 6.45) is 1.61. The Morgan fingerprint density at radius 1 is 1.21 bits per heavy atom. The zero-order valence-electron chi connectivity index (χ0n) is 16.7. The highest BCUT2D eigenvalue weighted by molar-refractivity contribution is 5.95. The van der Waals surface area contributed by atoms with Crippen molar-refractivity contribution in [2.45, 2.75) is 25.8 Å². The van der Waals surface area contributed by atoms with Crippen molar-refractivity contribution in [2.75, 3.05) is 58.4 Å². The number of benzene rings is 1. The highest BCUT2D eigenvalue weighted by Crippen LogP contribution is 2.31. The molecule has 6 nitrogen and oxygen atoms in total. The van der Waals surface area contributed by atoms with Crippen molar-refractivity contribution in [1.82, 2.24) is 10.2 Å². The summed E-state index contributed by atoms with van der Waals surface area (Å²) in [5.41, 5.74) is 1.68. The maximum absolute atomic E-state index is 12.9. The molecule has 160 valence electrons. The number of piperidine rings is 1. The van der Waals surface area contributed by atoms with E-state index in [1.54, 1.807) is 7.11 Å². The lowest BCUT2D eigenvalue weighted by atomic mass is 9.78. The van der Waals surface area contributed by atoms with Gasteiger partial charge in [-0.1, -0.05) is 12.1 Å². The summed E-state index contributed by atoms with van der Waals surface area (Å²) in [6, 6.07) is 8.59. The molecule has 2 N–H and O–H groups in total. The van der Waals surface area contributed by atoms with E-state index in [1.807, 2.05) is 12.1 Å². The van der Waals surface area contributed by atoms with Gasteiger partial charge in [-0.15, -0.1) is 24.8 Å². The number of rotatable bonds is 6. The highest BCUT2D eigenvalue weighted by Gasteiger charge is 2.39. The van der Waals surface area contributed by atoms with Crippen molar-refractivity contribution in [3.05, 3.63) is 29.8 Å². The van der Waals surface area contributed by atoms with Crippen LogP contribution in [-0.2, 0) is 14.3 Å². The molecule has 28 heavy (non-hydrogen) atoms. The van der Waals surface area contributed by atoms with E-state index < -0.39 is 5.41 Å². The number of morpholine rings is 1. The third kappa shape index (κ3) is 6.05. The van der Waals surface area contributed by atoms with E-state index >= 15 is 0 Å². The first-order chi connectivity index (χ1) is 12.6. The molecule has 1 atom stereocenters. The smallest absolute Gasteiger partial charge is 0.233 e. The van der Waals surface area contributed by atoms with Gasteiger partial charge in [-0.25, -0.2) is 0 Å². The molecular weight excluding hydrogens is 401 g/mol. The number of carbonyl (C=O) groups excluding carboxylic acids is 1. The Morgan fingerprint density at radius 3 is 2.39 bits per heavy atom. The van der Waals surface area contributed by atoms with Gasteiger partial charge in [0.05, 0.1) is 25.2 Å². The van der Waals surface area contributed by atoms with Crippen LogP contribution in [0.5, 0.6) is 0 Å². The summed E-state index contributed by atoms with van der Waals surface area (Å²) in [4.78, 5) is 15.3. The molecule has 0 saturated carbocycles. The van der Waals surface area contributed by atoms with Crippen LogP contribution in [-0.4, -0.2) is 63.9 Å².